The molecule has 0 spiro atoms. The number of aryl methyl sites for hydroxylation is 3. The first-order chi connectivity index (χ1) is 10.3. The van der Waals surface area contributed by atoms with E-state index in [1.807, 2.05) is 6.92 Å². The zero-order valence-corrected chi connectivity index (χ0v) is 14.0. The maximum absolute atomic E-state index is 12.4. The van der Waals surface area contributed by atoms with E-state index in [4.69, 9.17) is 9.26 Å². The molecule has 0 atom stereocenters. The van der Waals surface area contributed by atoms with Crippen LogP contribution in [0.1, 0.15) is 50.9 Å². The highest BCUT2D eigenvalue weighted by Crippen LogP contribution is 2.29. The number of carbonyl (C=O) groups is 2. The molecule has 6 nitrogen and oxygen atoms in total. The van der Waals surface area contributed by atoms with Crippen LogP contribution in [-0.4, -0.2) is 23.1 Å². The third kappa shape index (κ3) is 3.36. The van der Waals surface area contributed by atoms with Crippen LogP contribution >= 0.6 is 11.3 Å². The van der Waals surface area contributed by atoms with Crippen molar-refractivity contribution in [3.63, 3.8) is 0 Å². The van der Waals surface area contributed by atoms with Crippen molar-refractivity contribution >= 4 is 28.2 Å². The van der Waals surface area contributed by atoms with Crippen LogP contribution in [0.4, 0.5) is 5.00 Å². The van der Waals surface area contributed by atoms with Crippen LogP contribution in [0.2, 0.25) is 0 Å². The number of nitrogens with zero attached hydrogens (tertiary/aromatic N) is 1. The highest BCUT2D eigenvalue weighted by Gasteiger charge is 2.22. The molecule has 2 heterocycles. The largest absolute Gasteiger partial charge is 0.459 e. The van der Waals surface area contributed by atoms with Gasteiger partial charge in [-0.05, 0) is 40.7 Å². The minimum atomic E-state index is -0.451. The molecular weight excluding hydrogens is 304 g/mol. The van der Waals surface area contributed by atoms with Crippen molar-refractivity contribution < 1.29 is 18.8 Å². The van der Waals surface area contributed by atoms with Crippen molar-refractivity contribution in [2.24, 2.45) is 0 Å². The maximum atomic E-state index is 12.4. The first-order valence-electron chi connectivity index (χ1n) is 6.85. The molecule has 0 aliphatic heterocycles. The molecule has 0 aliphatic carbocycles. The maximum Gasteiger partial charge on any atom is 0.341 e. The number of carbonyl (C=O) groups excluding carboxylic acids is 2. The van der Waals surface area contributed by atoms with E-state index in [1.54, 1.807) is 33.8 Å². The topological polar surface area (TPSA) is 81.4 Å². The summed E-state index contributed by atoms with van der Waals surface area (Å²) < 4.78 is 10.2. The SMILES string of the molecule is Cc1cc(C(=O)OC(C)C)c(NC(=O)c2c(C)noc2C)s1. The fourth-order valence-electron chi connectivity index (χ4n) is 2.01. The summed E-state index contributed by atoms with van der Waals surface area (Å²) >= 11 is 1.32. The summed E-state index contributed by atoms with van der Waals surface area (Å²) in [7, 11) is 0. The fourth-order valence-corrected chi connectivity index (χ4v) is 2.90. The average molecular weight is 322 g/mol. The van der Waals surface area contributed by atoms with Crippen LogP contribution in [0, 0.1) is 20.8 Å². The van der Waals surface area contributed by atoms with Crippen molar-refractivity contribution in [3.8, 4) is 0 Å². The number of esters is 1. The van der Waals surface area contributed by atoms with Crippen LogP contribution in [0.5, 0.6) is 0 Å². The van der Waals surface area contributed by atoms with Gasteiger partial charge in [0.25, 0.3) is 5.91 Å². The van der Waals surface area contributed by atoms with E-state index in [-0.39, 0.29) is 12.0 Å². The van der Waals surface area contributed by atoms with Crippen LogP contribution in [-0.2, 0) is 4.74 Å². The first-order valence-corrected chi connectivity index (χ1v) is 7.67. The summed E-state index contributed by atoms with van der Waals surface area (Å²) in [4.78, 5) is 25.4. The van der Waals surface area contributed by atoms with Crippen molar-refractivity contribution in [2.45, 2.75) is 40.7 Å². The number of anilines is 1. The van der Waals surface area contributed by atoms with Gasteiger partial charge in [-0.3, -0.25) is 4.79 Å². The zero-order chi connectivity index (χ0) is 16.4. The number of amides is 1. The molecule has 0 saturated carbocycles. The van der Waals surface area contributed by atoms with Gasteiger partial charge in [0, 0.05) is 4.88 Å². The highest BCUT2D eigenvalue weighted by atomic mass is 32.1. The van der Waals surface area contributed by atoms with E-state index in [9.17, 15) is 9.59 Å². The predicted octanol–water partition coefficient (Wildman–Crippen LogP) is 3.48. The molecule has 1 amide bonds. The molecule has 2 aromatic heterocycles. The fraction of sp³-hybridized carbons (Fsp3) is 0.400. The van der Waals surface area contributed by atoms with Crippen molar-refractivity contribution in [2.75, 3.05) is 5.32 Å². The Kier molecular flexibility index (Phi) is 4.65. The van der Waals surface area contributed by atoms with E-state index in [0.717, 1.165) is 4.88 Å². The predicted molar refractivity (Wildman–Crippen MR) is 83.5 cm³/mol. The second-order valence-electron chi connectivity index (χ2n) is 5.21. The number of ether oxygens (including phenoxy) is 1. The van der Waals surface area contributed by atoms with Gasteiger partial charge in [0.1, 0.15) is 16.3 Å². The normalized spacial score (nSPS) is 10.8. The molecular formula is C15H18N2O4S. The molecule has 1 N–H and O–H groups in total. The standard InChI is InChI=1S/C15H18N2O4S/c1-7(2)20-15(19)11-6-8(3)22-14(11)16-13(18)12-9(4)17-21-10(12)5/h6-7H,1-5H3,(H,16,18). The van der Waals surface area contributed by atoms with Gasteiger partial charge >= 0.3 is 5.97 Å². The van der Waals surface area contributed by atoms with Gasteiger partial charge < -0.3 is 14.6 Å². The summed E-state index contributed by atoms with van der Waals surface area (Å²) in [6.45, 7) is 8.78. The average Bonchev–Trinajstić information content (AvgIpc) is 2.92. The minimum absolute atomic E-state index is 0.223. The second kappa shape index (κ2) is 6.31. The van der Waals surface area contributed by atoms with E-state index < -0.39 is 5.97 Å². The number of thiophene rings is 1. The van der Waals surface area contributed by atoms with Crippen LogP contribution in [0.25, 0.3) is 0 Å². The lowest BCUT2D eigenvalue weighted by molar-refractivity contribution is 0.0379. The van der Waals surface area contributed by atoms with E-state index in [0.29, 0.717) is 27.6 Å². The Hall–Kier alpha value is -2.15. The summed E-state index contributed by atoms with van der Waals surface area (Å²) in [6, 6.07) is 1.71. The molecule has 0 aromatic carbocycles. The van der Waals surface area contributed by atoms with E-state index >= 15 is 0 Å². The quantitative estimate of drug-likeness (QED) is 0.872. The number of hydrogen-bond donors (Lipinski definition) is 1. The van der Waals surface area contributed by atoms with Crippen LogP contribution in [0.15, 0.2) is 10.6 Å². The van der Waals surface area contributed by atoms with E-state index in [2.05, 4.69) is 10.5 Å². The minimum Gasteiger partial charge on any atom is -0.459 e. The molecule has 0 radical (unpaired) electrons. The van der Waals surface area contributed by atoms with Crippen molar-refractivity contribution in [1.29, 1.82) is 0 Å². The molecule has 7 heteroatoms. The van der Waals surface area contributed by atoms with Crippen LogP contribution in [0.3, 0.4) is 0 Å². The number of aromatic nitrogens is 1. The summed E-state index contributed by atoms with van der Waals surface area (Å²) in [5, 5.41) is 6.97. The number of nitrogens with one attached hydrogen (secondary N) is 1. The zero-order valence-electron chi connectivity index (χ0n) is 13.1. The molecule has 0 saturated heterocycles. The second-order valence-corrected chi connectivity index (χ2v) is 6.46. The van der Waals surface area contributed by atoms with Crippen molar-refractivity contribution in [1.82, 2.24) is 5.16 Å². The molecule has 22 heavy (non-hydrogen) atoms. The van der Waals surface area contributed by atoms with Crippen LogP contribution < -0.4 is 5.32 Å². The molecule has 0 bridgehead atoms. The van der Waals surface area contributed by atoms with Gasteiger partial charge in [-0.2, -0.15) is 0 Å². The lowest BCUT2D eigenvalue weighted by Crippen LogP contribution is -2.17. The number of hydrogen-bond acceptors (Lipinski definition) is 6. The van der Waals surface area contributed by atoms with Gasteiger partial charge in [0.05, 0.1) is 17.4 Å². The smallest absolute Gasteiger partial charge is 0.341 e. The lowest BCUT2D eigenvalue weighted by Gasteiger charge is -2.09. The third-order valence-electron chi connectivity index (χ3n) is 2.91. The molecule has 2 aromatic rings. The van der Waals surface area contributed by atoms with Gasteiger partial charge in [0.2, 0.25) is 0 Å². The van der Waals surface area contributed by atoms with Gasteiger partial charge in [-0.1, -0.05) is 5.16 Å². The first kappa shape index (κ1) is 16.2. The van der Waals surface area contributed by atoms with Gasteiger partial charge in [0.15, 0.2) is 0 Å². The highest BCUT2D eigenvalue weighted by molar-refractivity contribution is 7.16. The Morgan fingerprint density at radius 3 is 2.55 bits per heavy atom. The summed E-state index contributed by atoms with van der Waals surface area (Å²) in [5.41, 5.74) is 1.25. The summed E-state index contributed by atoms with van der Waals surface area (Å²) in [5.74, 6) is -0.361. The summed E-state index contributed by atoms with van der Waals surface area (Å²) in [6.07, 6.45) is -0.223. The third-order valence-corrected chi connectivity index (χ3v) is 3.87. The number of rotatable bonds is 4. The Labute approximate surface area is 132 Å². The Balaban J connectivity index is 2.27. The molecule has 118 valence electrons. The Morgan fingerprint density at radius 2 is 2.00 bits per heavy atom. The monoisotopic (exact) mass is 322 g/mol. The molecule has 0 fully saturated rings. The van der Waals surface area contributed by atoms with Crippen molar-refractivity contribution in [3.05, 3.63) is 33.5 Å². The Bertz CT molecular complexity index is 696. The molecule has 2 rings (SSSR count). The van der Waals surface area contributed by atoms with Gasteiger partial charge in [-0.25, -0.2) is 4.79 Å². The van der Waals surface area contributed by atoms with Gasteiger partial charge in [-0.15, -0.1) is 11.3 Å². The van der Waals surface area contributed by atoms with E-state index in [1.165, 1.54) is 11.3 Å². The molecule has 0 aliphatic rings. The lowest BCUT2D eigenvalue weighted by atomic mass is 10.2. The Morgan fingerprint density at radius 1 is 1.32 bits per heavy atom. The molecule has 0 unspecified atom stereocenters.